The summed E-state index contributed by atoms with van der Waals surface area (Å²) < 4.78 is 33.3. The molecular formula is C17H23N5O3S. The van der Waals surface area contributed by atoms with E-state index in [0.29, 0.717) is 24.4 Å². The van der Waals surface area contributed by atoms with E-state index in [1.807, 2.05) is 13.0 Å². The number of nitrogens with zero attached hydrogens (tertiary/aromatic N) is 2. The second-order valence-electron chi connectivity index (χ2n) is 6.43. The third-order valence-corrected chi connectivity index (χ3v) is 6.07. The summed E-state index contributed by atoms with van der Waals surface area (Å²) in [6, 6.07) is 6.72. The van der Waals surface area contributed by atoms with E-state index in [-0.39, 0.29) is 22.8 Å². The largest absolute Gasteiger partial charge is 0.495 e. The molecule has 2 aromatic rings. The molecule has 0 radical (unpaired) electrons. The second kappa shape index (κ2) is 7.08. The fourth-order valence-electron chi connectivity index (χ4n) is 3.06. The van der Waals surface area contributed by atoms with Crippen LogP contribution in [0.25, 0.3) is 0 Å². The van der Waals surface area contributed by atoms with Gasteiger partial charge in [0.1, 0.15) is 16.5 Å². The van der Waals surface area contributed by atoms with Crippen LogP contribution < -0.4 is 20.5 Å². The SMILES string of the molecule is CNc1cc(C2CC(NS(=O)(=O)c3ccc(C)cc3OC)C2)nc(N)n1. The quantitative estimate of drug-likeness (QED) is 0.700. The molecule has 4 N–H and O–H groups in total. The minimum Gasteiger partial charge on any atom is -0.495 e. The summed E-state index contributed by atoms with van der Waals surface area (Å²) in [4.78, 5) is 8.48. The van der Waals surface area contributed by atoms with Crippen molar-refractivity contribution in [1.82, 2.24) is 14.7 Å². The normalized spacial score (nSPS) is 19.7. The van der Waals surface area contributed by atoms with Gasteiger partial charge in [0.05, 0.1) is 12.8 Å². The zero-order valence-electron chi connectivity index (χ0n) is 15.0. The van der Waals surface area contributed by atoms with E-state index in [4.69, 9.17) is 10.5 Å². The van der Waals surface area contributed by atoms with Crippen molar-refractivity contribution in [2.24, 2.45) is 0 Å². The van der Waals surface area contributed by atoms with Gasteiger partial charge in [-0.1, -0.05) is 6.07 Å². The summed E-state index contributed by atoms with van der Waals surface area (Å²) in [5.74, 6) is 1.36. The summed E-state index contributed by atoms with van der Waals surface area (Å²) >= 11 is 0. The number of aromatic nitrogens is 2. The van der Waals surface area contributed by atoms with Crippen LogP contribution >= 0.6 is 0 Å². The Labute approximate surface area is 153 Å². The molecule has 1 aromatic carbocycles. The number of anilines is 2. The number of ether oxygens (including phenoxy) is 1. The maximum Gasteiger partial charge on any atom is 0.244 e. The first-order chi connectivity index (χ1) is 12.3. The minimum atomic E-state index is -3.65. The number of sulfonamides is 1. The number of nitrogen functional groups attached to an aromatic ring is 1. The molecule has 3 rings (SSSR count). The lowest BCUT2D eigenvalue weighted by atomic mass is 9.78. The van der Waals surface area contributed by atoms with Crippen LogP contribution in [-0.2, 0) is 10.0 Å². The minimum absolute atomic E-state index is 0.148. The first kappa shape index (κ1) is 18.4. The Morgan fingerprint density at radius 2 is 1.96 bits per heavy atom. The van der Waals surface area contributed by atoms with Gasteiger partial charge >= 0.3 is 0 Å². The van der Waals surface area contributed by atoms with Gasteiger partial charge in [-0.15, -0.1) is 0 Å². The fraction of sp³-hybridized carbons (Fsp3) is 0.412. The molecule has 9 heteroatoms. The van der Waals surface area contributed by atoms with Crippen LogP contribution in [0.15, 0.2) is 29.2 Å². The number of methoxy groups -OCH3 is 1. The van der Waals surface area contributed by atoms with Crippen LogP contribution in [0.3, 0.4) is 0 Å². The predicted octanol–water partition coefficient (Wildman–Crippen LogP) is 1.64. The molecule has 0 unspecified atom stereocenters. The zero-order valence-corrected chi connectivity index (χ0v) is 15.8. The van der Waals surface area contributed by atoms with Gasteiger partial charge in [0.2, 0.25) is 16.0 Å². The van der Waals surface area contributed by atoms with Crippen molar-refractivity contribution in [1.29, 1.82) is 0 Å². The fourth-order valence-corrected chi connectivity index (χ4v) is 4.47. The molecule has 26 heavy (non-hydrogen) atoms. The highest BCUT2D eigenvalue weighted by Gasteiger charge is 2.35. The van der Waals surface area contributed by atoms with Gasteiger partial charge in [0.15, 0.2) is 0 Å². The van der Waals surface area contributed by atoms with Crippen molar-refractivity contribution in [3.05, 3.63) is 35.5 Å². The molecule has 1 heterocycles. The summed E-state index contributed by atoms with van der Waals surface area (Å²) in [6.07, 6.45) is 1.32. The number of hydrogen-bond donors (Lipinski definition) is 3. The standard InChI is InChI=1S/C17H23N5O3S/c1-10-4-5-15(14(6-10)25-3)26(23,24)22-12-7-11(8-12)13-9-16(19-2)21-17(18)20-13/h4-6,9,11-12,22H,7-8H2,1-3H3,(H3,18,19,20,21). The highest BCUT2D eigenvalue weighted by Crippen LogP contribution is 2.38. The highest BCUT2D eigenvalue weighted by atomic mass is 32.2. The van der Waals surface area contributed by atoms with Crippen molar-refractivity contribution < 1.29 is 13.2 Å². The lowest BCUT2D eigenvalue weighted by Gasteiger charge is -2.35. The smallest absolute Gasteiger partial charge is 0.244 e. The highest BCUT2D eigenvalue weighted by molar-refractivity contribution is 7.89. The monoisotopic (exact) mass is 377 g/mol. The van der Waals surface area contributed by atoms with Crippen LogP contribution in [-0.4, -0.2) is 38.6 Å². The van der Waals surface area contributed by atoms with Gasteiger partial charge in [0, 0.05) is 25.1 Å². The van der Waals surface area contributed by atoms with Crippen LogP contribution in [0.5, 0.6) is 5.75 Å². The summed E-state index contributed by atoms with van der Waals surface area (Å²) in [5.41, 5.74) is 7.48. The average molecular weight is 377 g/mol. The number of nitrogens with one attached hydrogen (secondary N) is 2. The Kier molecular flexibility index (Phi) is 5.01. The number of aryl methyl sites for hydroxylation is 1. The Balaban J connectivity index is 1.70. The molecule has 1 aliphatic rings. The van der Waals surface area contributed by atoms with Gasteiger partial charge in [-0.3, -0.25) is 0 Å². The molecule has 0 spiro atoms. The number of hydrogen-bond acceptors (Lipinski definition) is 7. The maximum atomic E-state index is 12.7. The Morgan fingerprint density at radius 1 is 1.23 bits per heavy atom. The van der Waals surface area contributed by atoms with Crippen molar-refractivity contribution in [3.63, 3.8) is 0 Å². The molecule has 1 fully saturated rings. The average Bonchev–Trinajstić information content (AvgIpc) is 2.56. The summed E-state index contributed by atoms with van der Waals surface area (Å²) in [7, 11) is -0.425. The van der Waals surface area contributed by atoms with Gasteiger partial charge in [0.25, 0.3) is 0 Å². The lowest BCUT2D eigenvalue weighted by Crippen LogP contribution is -2.43. The van der Waals surface area contributed by atoms with E-state index in [1.54, 1.807) is 25.2 Å². The Bertz CT molecular complexity index is 911. The van der Waals surface area contributed by atoms with E-state index >= 15 is 0 Å². The number of nitrogens with two attached hydrogens (primary N) is 1. The Hall–Kier alpha value is -2.39. The van der Waals surface area contributed by atoms with Crippen molar-refractivity contribution in [2.75, 3.05) is 25.2 Å². The van der Waals surface area contributed by atoms with Gasteiger partial charge in [-0.05, 0) is 37.5 Å². The van der Waals surface area contributed by atoms with Crippen molar-refractivity contribution >= 4 is 21.8 Å². The zero-order chi connectivity index (χ0) is 18.9. The molecule has 8 nitrogen and oxygen atoms in total. The van der Waals surface area contributed by atoms with Crippen LogP contribution in [0, 0.1) is 6.92 Å². The summed E-state index contributed by atoms with van der Waals surface area (Å²) in [6.45, 7) is 1.88. The van der Waals surface area contributed by atoms with Crippen LogP contribution in [0.1, 0.15) is 30.0 Å². The molecule has 0 saturated heterocycles. The predicted molar refractivity (Wildman–Crippen MR) is 99.8 cm³/mol. The molecule has 0 bridgehead atoms. The third kappa shape index (κ3) is 3.73. The molecule has 140 valence electrons. The lowest BCUT2D eigenvalue weighted by molar-refractivity contribution is 0.320. The molecule has 1 aliphatic carbocycles. The molecule has 1 saturated carbocycles. The number of rotatable bonds is 6. The van der Waals surface area contributed by atoms with Crippen molar-refractivity contribution in [2.45, 2.75) is 36.6 Å². The van der Waals surface area contributed by atoms with E-state index in [1.165, 1.54) is 7.11 Å². The van der Waals surface area contributed by atoms with Crippen LogP contribution in [0.4, 0.5) is 11.8 Å². The van der Waals surface area contributed by atoms with Crippen LogP contribution in [0.2, 0.25) is 0 Å². The molecule has 1 aromatic heterocycles. The van der Waals surface area contributed by atoms with Gasteiger partial charge in [-0.25, -0.2) is 18.1 Å². The summed E-state index contributed by atoms with van der Waals surface area (Å²) in [5, 5.41) is 2.94. The number of benzene rings is 1. The second-order valence-corrected chi connectivity index (χ2v) is 8.11. The molecule has 0 atom stereocenters. The van der Waals surface area contributed by atoms with E-state index in [2.05, 4.69) is 20.0 Å². The third-order valence-electron chi connectivity index (χ3n) is 4.51. The molecule has 0 amide bonds. The Morgan fingerprint density at radius 3 is 2.62 bits per heavy atom. The van der Waals surface area contributed by atoms with Gasteiger partial charge in [-0.2, -0.15) is 4.98 Å². The molecule has 0 aliphatic heterocycles. The van der Waals surface area contributed by atoms with E-state index < -0.39 is 10.0 Å². The van der Waals surface area contributed by atoms with E-state index in [0.717, 1.165) is 11.3 Å². The first-order valence-electron chi connectivity index (χ1n) is 8.31. The van der Waals surface area contributed by atoms with E-state index in [9.17, 15) is 8.42 Å². The molecular weight excluding hydrogens is 354 g/mol. The first-order valence-corrected chi connectivity index (χ1v) is 9.80. The topological polar surface area (TPSA) is 119 Å². The van der Waals surface area contributed by atoms with Crippen molar-refractivity contribution in [3.8, 4) is 5.75 Å². The van der Waals surface area contributed by atoms with Gasteiger partial charge < -0.3 is 15.8 Å². The maximum absolute atomic E-state index is 12.7.